The van der Waals surface area contributed by atoms with E-state index in [1.807, 2.05) is 4.90 Å². The molecule has 7 heteroatoms. The van der Waals surface area contributed by atoms with Gasteiger partial charge in [0.05, 0.1) is 17.8 Å². The zero-order valence-corrected chi connectivity index (χ0v) is 13.1. The lowest BCUT2D eigenvalue weighted by Crippen LogP contribution is -2.50. The Morgan fingerprint density at radius 1 is 1.30 bits per heavy atom. The maximum absolute atomic E-state index is 12.6. The Bertz CT molecular complexity index is 465. The highest BCUT2D eigenvalue weighted by molar-refractivity contribution is 7.89. The van der Waals surface area contributed by atoms with Crippen LogP contribution in [0.15, 0.2) is 0 Å². The molecule has 0 bridgehead atoms. The summed E-state index contributed by atoms with van der Waals surface area (Å²) >= 11 is 0. The van der Waals surface area contributed by atoms with Crippen LogP contribution in [0.25, 0.3) is 0 Å². The van der Waals surface area contributed by atoms with Gasteiger partial charge in [0.25, 0.3) is 0 Å². The van der Waals surface area contributed by atoms with Gasteiger partial charge in [0, 0.05) is 33.3 Å². The van der Waals surface area contributed by atoms with Gasteiger partial charge in [-0.25, -0.2) is 12.7 Å². The van der Waals surface area contributed by atoms with Gasteiger partial charge in [-0.15, -0.1) is 0 Å². The van der Waals surface area contributed by atoms with Crippen LogP contribution < -0.4 is 0 Å². The number of carbonyl (C=O) groups is 1. The van der Waals surface area contributed by atoms with Crippen LogP contribution in [-0.2, 0) is 19.6 Å². The molecule has 0 radical (unpaired) electrons. The number of methoxy groups -OCH3 is 1. The van der Waals surface area contributed by atoms with Crippen molar-refractivity contribution in [3.05, 3.63) is 0 Å². The molecule has 2 heterocycles. The third-order valence-electron chi connectivity index (χ3n) is 4.47. The number of ether oxygens (including phenoxy) is 1. The number of hydrogen-bond acceptors (Lipinski definition) is 4. The lowest BCUT2D eigenvalue weighted by atomic mass is 9.79. The van der Waals surface area contributed by atoms with Crippen molar-refractivity contribution in [2.75, 3.05) is 45.6 Å². The van der Waals surface area contributed by atoms with Crippen molar-refractivity contribution < 1.29 is 17.9 Å². The van der Waals surface area contributed by atoms with E-state index in [2.05, 4.69) is 0 Å². The Hall–Kier alpha value is -0.660. The molecule has 0 saturated carbocycles. The van der Waals surface area contributed by atoms with Gasteiger partial charge in [0.15, 0.2) is 0 Å². The Kier molecular flexibility index (Phi) is 4.71. The third kappa shape index (κ3) is 2.84. The van der Waals surface area contributed by atoms with Crippen molar-refractivity contribution in [3.63, 3.8) is 0 Å². The molecule has 0 aliphatic carbocycles. The molecule has 0 N–H and O–H groups in total. The molecule has 1 amide bonds. The van der Waals surface area contributed by atoms with Gasteiger partial charge in [-0.1, -0.05) is 0 Å². The van der Waals surface area contributed by atoms with Crippen molar-refractivity contribution in [2.45, 2.75) is 26.2 Å². The highest BCUT2D eigenvalue weighted by atomic mass is 32.2. The van der Waals surface area contributed by atoms with Crippen molar-refractivity contribution in [3.8, 4) is 0 Å². The molecule has 0 aromatic carbocycles. The lowest BCUT2D eigenvalue weighted by Gasteiger charge is -2.38. The summed E-state index contributed by atoms with van der Waals surface area (Å²) in [4.78, 5) is 14.4. The number of likely N-dealkylation sites (tertiary alicyclic amines) is 1. The normalized spacial score (nSPS) is 28.5. The van der Waals surface area contributed by atoms with Gasteiger partial charge >= 0.3 is 0 Å². The zero-order valence-electron chi connectivity index (χ0n) is 12.3. The maximum Gasteiger partial charge on any atom is 0.230 e. The van der Waals surface area contributed by atoms with Crippen molar-refractivity contribution in [1.82, 2.24) is 9.21 Å². The van der Waals surface area contributed by atoms with Crippen LogP contribution in [0.3, 0.4) is 0 Å². The summed E-state index contributed by atoms with van der Waals surface area (Å²) in [7, 11) is -1.59. The predicted octanol–water partition coefficient (Wildman–Crippen LogP) is 0.297. The second-order valence-corrected chi connectivity index (χ2v) is 7.91. The minimum Gasteiger partial charge on any atom is -0.383 e. The summed E-state index contributed by atoms with van der Waals surface area (Å²) in [5.74, 6) is 0.204. The van der Waals surface area contributed by atoms with Gasteiger partial charge < -0.3 is 9.64 Å². The minimum atomic E-state index is -3.20. The fourth-order valence-electron chi connectivity index (χ4n) is 3.20. The lowest BCUT2D eigenvalue weighted by molar-refractivity contribution is -0.138. The van der Waals surface area contributed by atoms with E-state index in [4.69, 9.17) is 4.74 Å². The Balaban J connectivity index is 2.10. The minimum absolute atomic E-state index is 0.102. The van der Waals surface area contributed by atoms with E-state index in [0.717, 1.165) is 19.3 Å². The monoisotopic (exact) mass is 304 g/mol. The third-order valence-corrected chi connectivity index (χ3v) is 6.29. The Labute approximate surface area is 121 Å². The number of sulfonamides is 1. The van der Waals surface area contributed by atoms with Crippen LogP contribution in [-0.4, -0.2) is 69.2 Å². The van der Waals surface area contributed by atoms with Crippen molar-refractivity contribution in [2.24, 2.45) is 5.41 Å². The van der Waals surface area contributed by atoms with E-state index in [0.29, 0.717) is 32.8 Å². The van der Waals surface area contributed by atoms with Gasteiger partial charge in [0.2, 0.25) is 15.9 Å². The summed E-state index contributed by atoms with van der Waals surface area (Å²) in [6.07, 6.45) is 2.32. The van der Waals surface area contributed by atoms with Gasteiger partial charge in [-0.3, -0.25) is 4.79 Å². The van der Waals surface area contributed by atoms with E-state index in [1.54, 1.807) is 14.0 Å². The molecule has 2 aliphatic heterocycles. The first-order chi connectivity index (χ1) is 9.45. The van der Waals surface area contributed by atoms with Crippen LogP contribution in [0.2, 0.25) is 0 Å². The fraction of sp³-hybridized carbons (Fsp3) is 0.923. The summed E-state index contributed by atoms with van der Waals surface area (Å²) in [6, 6.07) is 0. The predicted molar refractivity (Wildman–Crippen MR) is 75.8 cm³/mol. The fourth-order valence-corrected chi connectivity index (χ4v) is 4.41. The van der Waals surface area contributed by atoms with Gasteiger partial charge in [-0.05, 0) is 26.2 Å². The maximum atomic E-state index is 12.6. The molecule has 2 aliphatic rings. The molecule has 2 rings (SSSR count). The van der Waals surface area contributed by atoms with E-state index >= 15 is 0 Å². The Morgan fingerprint density at radius 2 is 2.05 bits per heavy atom. The van der Waals surface area contributed by atoms with E-state index < -0.39 is 15.4 Å². The quantitative estimate of drug-likeness (QED) is 0.732. The summed E-state index contributed by atoms with van der Waals surface area (Å²) in [5.41, 5.74) is -0.492. The van der Waals surface area contributed by atoms with E-state index in [1.165, 1.54) is 4.31 Å². The second-order valence-electron chi connectivity index (χ2n) is 5.65. The summed E-state index contributed by atoms with van der Waals surface area (Å²) in [5, 5.41) is 0. The number of piperidine rings is 1. The molecule has 116 valence electrons. The van der Waals surface area contributed by atoms with Crippen LogP contribution in [0.5, 0.6) is 0 Å². The topological polar surface area (TPSA) is 66.9 Å². The first-order valence-corrected chi connectivity index (χ1v) is 8.82. The summed E-state index contributed by atoms with van der Waals surface area (Å²) < 4.78 is 30.6. The van der Waals surface area contributed by atoms with Crippen LogP contribution in [0.4, 0.5) is 0 Å². The van der Waals surface area contributed by atoms with Gasteiger partial charge in [-0.2, -0.15) is 0 Å². The molecule has 20 heavy (non-hydrogen) atoms. The van der Waals surface area contributed by atoms with Crippen molar-refractivity contribution in [1.29, 1.82) is 0 Å². The Morgan fingerprint density at radius 3 is 2.70 bits per heavy atom. The number of rotatable bonds is 5. The number of amides is 1. The van der Waals surface area contributed by atoms with Crippen LogP contribution in [0.1, 0.15) is 26.2 Å². The van der Waals surface area contributed by atoms with Gasteiger partial charge in [0.1, 0.15) is 0 Å². The molecule has 1 unspecified atom stereocenters. The standard InChI is InChI=1S/C13H24N2O4S/c1-3-20(17,18)15-7-4-5-13(11-15)6-8-14(12(13)16)9-10-19-2/h3-11H2,1-2H3. The smallest absolute Gasteiger partial charge is 0.230 e. The highest BCUT2D eigenvalue weighted by Crippen LogP contribution is 2.40. The van der Waals surface area contributed by atoms with Crippen LogP contribution >= 0.6 is 0 Å². The molecule has 6 nitrogen and oxygen atoms in total. The molecule has 0 aromatic rings. The van der Waals surface area contributed by atoms with E-state index in [-0.39, 0.29) is 11.7 Å². The zero-order chi connectivity index (χ0) is 14.8. The SMILES string of the molecule is CCS(=O)(=O)N1CCCC2(CCN(CCOC)C2=O)C1. The second kappa shape index (κ2) is 5.99. The molecule has 1 atom stereocenters. The largest absolute Gasteiger partial charge is 0.383 e. The first-order valence-electron chi connectivity index (χ1n) is 7.21. The molecular formula is C13H24N2O4S. The number of nitrogens with zero attached hydrogens (tertiary/aromatic N) is 2. The summed E-state index contributed by atoms with van der Waals surface area (Å²) in [6.45, 7) is 4.38. The molecule has 1 spiro atoms. The van der Waals surface area contributed by atoms with Crippen LogP contribution in [0, 0.1) is 5.41 Å². The highest BCUT2D eigenvalue weighted by Gasteiger charge is 2.50. The van der Waals surface area contributed by atoms with E-state index in [9.17, 15) is 13.2 Å². The molecule has 2 fully saturated rings. The number of hydrogen-bond donors (Lipinski definition) is 0. The first kappa shape index (κ1) is 15.7. The molecular weight excluding hydrogens is 280 g/mol. The average molecular weight is 304 g/mol. The average Bonchev–Trinajstić information content (AvgIpc) is 2.74. The number of carbonyl (C=O) groups excluding carboxylic acids is 1. The molecule has 2 saturated heterocycles. The molecule has 0 aromatic heterocycles. The van der Waals surface area contributed by atoms with Crippen molar-refractivity contribution >= 4 is 15.9 Å².